The topological polar surface area (TPSA) is 58.7 Å². The summed E-state index contributed by atoms with van der Waals surface area (Å²) in [6, 6.07) is 2.07. The van der Waals surface area contributed by atoms with E-state index >= 15 is 0 Å². The molecule has 0 aromatic carbocycles. The third-order valence-corrected chi connectivity index (χ3v) is 9.82. The predicted octanol–water partition coefficient (Wildman–Crippen LogP) is 5.47. The van der Waals surface area contributed by atoms with E-state index < -0.39 is 6.43 Å². The first-order valence-electron chi connectivity index (χ1n) is 12.1. The molecule has 4 nitrogen and oxygen atoms in total. The normalized spacial score (nSPS) is 41.8. The van der Waals surface area contributed by atoms with E-state index in [1.165, 1.54) is 6.20 Å². The summed E-state index contributed by atoms with van der Waals surface area (Å²) >= 11 is 0. The Morgan fingerprint density at radius 3 is 2.74 bits per heavy atom. The monoisotopic (exact) mass is 429 g/mol. The van der Waals surface area contributed by atoms with Crippen LogP contribution in [0.2, 0.25) is 0 Å². The predicted molar refractivity (Wildman–Crippen MR) is 112 cm³/mol. The molecule has 6 heteroatoms. The number of aromatic nitrogens is 2. The van der Waals surface area contributed by atoms with E-state index in [9.17, 15) is 13.6 Å². The second-order valence-electron chi connectivity index (χ2n) is 11.0. The SMILES string of the molecule is CC12CCC3C4CCC(C(F)F)CC4CCC3C1CCC2C(=O)Cn1cc(C#N)cn1. The lowest BCUT2D eigenvalue weighted by Crippen LogP contribution is -2.49. The number of alkyl halides is 2. The first kappa shape index (κ1) is 21.1. The molecule has 1 aromatic heterocycles. The summed E-state index contributed by atoms with van der Waals surface area (Å²) in [6.07, 6.45) is 9.98. The lowest BCUT2D eigenvalue weighted by molar-refractivity contribution is -0.131. The van der Waals surface area contributed by atoms with Crippen molar-refractivity contribution in [2.45, 2.75) is 77.7 Å². The van der Waals surface area contributed by atoms with Crippen LogP contribution in [0.25, 0.3) is 0 Å². The summed E-state index contributed by atoms with van der Waals surface area (Å²) in [7, 11) is 0. The minimum Gasteiger partial charge on any atom is -0.297 e. The fourth-order valence-corrected chi connectivity index (χ4v) is 8.42. The number of carbonyl (C=O) groups is 1. The minimum atomic E-state index is -2.16. The molecule has 8 unspecified atom stereocenters. The quantitative estimate of drug-likeness (QED) is 0.637. The van der Waals surface area contributed by atoms with E-state index in [0.717, 1.165) is 51.4 Å². The summed E-state index contributed by atoms with van der Waals surface area (Å²) in [4.78, 5) is 13.2. The number of fused-ring (bicyclic) bond motifs is 5. The van der Waals surface area contributed by atoms with E-state index in [1.807, 2.05) is 0 Å². The van der Waals surface area contributed by atoms with Crippen molar-refractivity contribution in [2.24, 2.45) is 46.8 Å². The average molecular weight is 430 g/mol. The Morgan fingerprint density at radius 2 is 2.00 bits per heavy atom. The van der Waals surface area contributed by atoms with Crippen molar-refractivity contribution in [1.29, 1.82) is 5.26 Å². The Bertz CT molecular complexity index is 876. The molecule has 0 N–H and O–H groups in total. The van der Waals surface area contributed by atoms with Crippen molar-refractivity contribution in [2.75, 3.05) is 0 Å². The fourth-order valence-electron chi connectivity index (χ4n) is 8.42. The Labute approximate surface area is 183 Å². The van der Waals surface area contributed by atoms with Gasteiger partial charge in [-0.3, -0.25) is 9.48 Å². The van der Waals surface area contributed by atoms with Gasteiger partial charge in [0.15, 0.2) is 5.78 Å². The van der Waals surface area contributed by atoms with Gasteiger partial charge in [-0.05, 0) is 92.8 Å². The van der Waals surface area contributed by atoms with Gasteiger partial charge in [0.25, 0.3) is 0 Å². The van der Waals surface area contributed by atoms with Gasteiger partial charge in [0.2, 0.25) is 6.43 Å². The van der Waals surface area contributed by atoms with Crippen LogP contribution in [-0.2, 0) is 11.3 Å². The van der Waals surface area contributed by atoms with Crippen LogP contribution >= 0.6 is 0 Å². The van der Waals surface area contributed by atoms with Gasteiger partial charge in [-0.25, -0.2) is 8.78 Å². The van der Waals surface area contributed by atoms with Gasteiger partial charge in [0.05, 0.1) is 18.3 Å². The molecule has 8 atom stereocenters. The van der Waals surface area contributed by atoms with Crippen LogP contribution in [0.15, 0.2) is 12.4 Å². The molecule has 4 aliphatic rings. The Kier molecular flexibility index (Phi) is 5.43. The van der Waals surface area contributed by atoms with Crippen LogP contribution in [0.4, 0.5) is 8.78 Å². The third-order valence-electron chi connectivity index (χ3n) is 9.82. The van der Waals surface area contributed by atoms with Gasteiger partial charge in [-0.1, -0.05) is 6.92 Å². The standard InChI is InChI=1S/C25H33F2N3O/c1-25-9-8-19-18-4-3-17(24(26)27)10-16(18)2-5-20(19)21(25)6-7-22(25)23(31)14-30-13-15(11-28)12-29-30/h12-13,16-22,24H,2-10,14H2,1H3. The highest BCUT2D eigenvalue weighted by atomic mass is 19.3. The van der Waals surface area contributed by atoms with Crippen LogP contribution < -0.4 is 0 Å². The number of nitriles is 1. The van der Waals surface area contributed by atoms with Crippen LogP contribution in [0, 0.1) is 58.2 Å². The maximum absolute atomic E-state index is 13.3. The Balaban J connectivity index is 1.28. The van der Waals surface area contributed by atoms with Crippen LogP contribution in [0.5, 0.6) is 0 Å². The molecule has 1 aromatic rings. The number of hydrogen-bond donors (Lipinski definition) is 0. The van der Waals surface area contributed by atoms with Crippen molar-refractivity contribution in [3.8, 4) is 6.07 Å². The smallest absolute Gasteiger partial charge is 0.241 e. The number of hydrogen-bond acceptors (Lipinski definition) is 3. The molecule has 0 bridgehead atoms. The van der Waals surface area contributed by atoms with E-state index in [0.29, 0.717) is 41.6 Å². The molecule has 1 heterocycles. The van der Waals surface area contributed by atoms with Crippen molar-refractivity contribution >= 4 is 5.78 Å². The number of ketones is 1. The molecule has 0 amide bonds. The molecule has 4 saturated carbocycles. The molecule has 5 rings (SSSR count). The lowest BCUT2D eigenvalue weighted by Gasteiger charge is -2.56. The zero-order valence-corrected chi connectivity index (χ0v) is 18.4. The molecule has 0 radical (unpaired) electrons. The molecular formula is C25H33F2N3O. The number of nitrogens with zero attached hydrogens (tertiary/aromatic N) is 3. The zero-order valence-electron chi connectivity index (χ0n) is 18.4. The number of halogens is 2. The highest BCUT2D eigenvalue weighted by molar-refractivity contribution is 5.82. The Hall–Kier alpha value is -1.77. The van der Waals surface area contributed by atoms with Crippen molar-refractivity contribution in [1.82, 2.24) is 9.78 Å². The summed E-state index contributed by atoms with van der Waals surface area (Å²) < 4.78 is 28.2. The third kappa shape index (κ3) is 3.52. The molecule has 0 saturated heterocycles. The number of Topliss-reactive ketones (excluding diaryl/α,β-unsaturated/α-hetero) is 1. The highest BCUT2D eigenvalue weighted by Crippen LogP contribution is 2.64. The van der Waals surface area contributed by atoms with Crippen LogP contribution in [0.3, 0.4) is 0 Å². The van der Waals surface area contributed by atoms with Crippen molar-refractivity contribution in [3.63, 3.8) is 0 Å². The summed E-state index contributed by atoms with van der Waals surface area (Å²) in [5.74, 6) is 2.98. The van der Waals surface area contributed by atoms with Gasteiger partial charge in [0, 0.05) is 18.0 Å². The number of rotatable bonds is 4. The Morgan fingerprint density at radius 1 is 1.19 bits per heavy atom. The van der Waals surface area contributed by atoms with Crippen molar-refractivity contribution < 1.29 is 13.6 Å². The fraction of sp³-hybridized carbons (Fsp3) is 0.800. The van der Waals surface area contributed by atoms with Crippen LogP contribution in [0.1, 0.15) is 70.3 Å². The maximum Gasteiger partial charge on any atom is 0.241 e. The molecular weight excluding hydrogens is 396 g/mol. The number of carbonyl (C=O) groups excluding carboxylic acids is 1. The van der Waals surface area contributed by atoms with E-state index in [-0.39, 0.29) is 29.6 Å². The molecule has 4 fully saturated rings. The lowest BCUT2D eigenvalue weighted by atomic mass is 9.49. The largest absolute Gasteiger partial charge is 0.297 e. The highest BCUT2D eigenvalue weighted by Gasteiger charge is 2.58. The second kappa shape index (κ2) is 7.98. The first-order valence-corrected chi connectivity index (χ1v) is 12.1. The minimum absolute atomic E-state index is 0.0521. The van der Waals surface area contributed by atoms with Gasteiger partial charge < -0.3 is 0 Å². The average Bonchev–Trinajstić information content (AvgIpc) is 3.36. The summed E-state index contributed by atoms with van der Waals surface area (Å²) in [5, 5.41) is 13.2. The van der Waals surface area contributed by atoms with E-state index in [4.69, 9.17) is 5.26 Å². The molecule has 0 aliphatic heterocycles. The van der Waals surface area contributed by atoms with Gasteiger partial charge in [-0.15, -0.1) is 0 Å². The van der Waals surface area contributed by atoms with Crippen LogP contribution in [-0.4, -0.2) is 22.0 Å². The molecule has 0 spiro atoms. The summed E-state index contributed by atoms with van der Waals surface area (Å²) in [6.45, 7) is 2.59. The molecule has 31 heavy (non-hydrogen) atoms. The second-order valence-corrected chi connectivity index (χ2v) is 11.0. The van der Waals surface area contributed by atoms with Gasteiger partial charge in [-0.2, -0.15) is 10.4 Å². The van der Waals surface area contributed by atoms with Gasteiger partial charge >= 0.3 is 0 Å². The first-order chi connectivity index (χ1) is 14.9. The van der Waals surface area contributed by atoms with E-state index in [1.54, 1.807) is 10.9 Å². The van der Waals surface area contributed by atoms with E-state index in [2.05, 4.69) is 18.1 Å². The maximum atomic E-state index is 13.3. The summed E-state index contributed by atoms with van der Waals surface area (Å²) in [5.41, 5.74) is 0.540. The van der Waals surface area contributed by atoms with Gasteiger partial charge in [0.1, 0.15) is 6.07 Å². The molecule has 4 aliphatic carbocycles. The van der Waals surface area contributed by atoms with Crippen molar-refractivity contribution in [3.05, 3.63) is 18.0 Å². The molecule has 168 valence electrons. The zero-order chi connectivity index (χ0) is 21.8.